The Labute approximate surface area is 120 Å². The van der Waals surface area contributed by atoms with E-state index in [1.807, 2.05) is 42.5 Å². The number of nitrogens with one attached hydrogen (secondary N) is 1. The highest BCUT2D eigenvalue weighted by Crippen LogP contribution is 2.26. The van der Waals surface area contributed by atoms with Gasteiger partial charge in [0.05, 0.1) is 6.26 Å². The van der Waals surface area contributed by atoms with E-state index in [4.69, 9.17) is 0 Å². The monoisotopic (exact) mass is 290 g/mol. The summed E-state index contributed by atoms with van der Waals surface area (Å²) in [6.07, 6.45) is 1.14. The lowest BCUT2D eigenvalue weighted by atomic mass is 10.2. The molecular weight excluding hydrogens is 272 g/mol. The van der Waals surface area contributed by atoms with Gasteiger partial charge in [-0.2, -0.15) is 0 Å². The summed E-state index contributed by atoms with van der Waals surface area (Å²) in [5.74, 6) is 0. The number of rotatable bonds is 5. The Balaban J connectivity index is 2.24. The smallest absolute Gasteiger partial charge is 0.229 e. The number of hydrogen-bond donors (Lipinski definition) is 1. The van der Waals surface area contributed by atoms with E-state index in [0.717, 1.165) is 24.2 Å². The van der Waals surface area contributed by atoms with Crippen LogP contribution in [-0.2, 0) is 10.0 Å². The van der Waals surface area contributed by atoms with Gasteiger partial charge in [0.25, 0.3) is 0 Å². The molecule has 0 amide bonds. The van der Waals surface area contributed by atoms with Gasteiger partial charge in [-0.3, -0.25) is 4.72 Å². The first-order valence-corrected chi connectivity index (χ1v) is 8.29. The van der Waals surface area contributed by atoms with Crippen LogP contribution in [0.4, 0.5) is 17.1 Å². The highest BCUT2D eigenvalue weighted by molar-refractivity contribution is 7.92. The Kier molecular flexibility index (Phi) is 4.29. The van der Waals surface area contributed by atoms with Crippen LogP contribution >= 0.6 is 0 Å². The molecule has 0 saturated heterocycles. The summed E-state index contributed by atoms with van der Waals surface area (Å²) in [6.45, 7) is 2.92. The maximum absolute atomic E-state index is 11.2. The largest absolute Gasteiger partial charge is 0.342 e. The van der Waals surface area contributed by atoms with Gasteiger partial charge in [-0.1, -0.05) is 18.2 Å². The van der Waals surface area contributed by atoms with Gasteiger partial charge in [0.2, 0.25) is 10.0 Å². The second-order valence-electron chi connectivity index (χ2n) is 4.50. The summed E-state index contributed by atoms with van der Waals surface area (Å²) in [5, 5.41) is 0. The van der Waals surface area contributed by atoms with E-state index in [1.165, 1.54) is 0 Å². The second kappa shape index (κ2) is 5.96. The highest BCUT2D eigenvalue weighted by Gasteiger charge is 2.07. The molecule has 0 spiro atoms. The number of para-hydroxylation sites is 1. The van der Waals surface area contributed by atoms with E-state index in [1.54, 1.807) is 12.1 Å². The lowest BCUT2D eigenvalue weighted by Crippen LogP contribution is -2.16. The number of sulfonamides is 1. The fourth-order valence-corrected chi connectivity index (χ4v) is 2.61. The van der Waals surface area contributed by atoms with Crippen molar-refractivity contribution in [2.45, 2.75) is 6.92 Å². The normalized spacial score (nSPS) is 11.1. The third-order valence-electron chi connectivity index (χ3n) is 2.87. The van der Waals surface area contributed by atoms with Crippen molar-refractivity contribution in [2.24, 2.45) is 0 Å². The van der Waals surface area contributed by atoms with E-state index < -0.39 is 10.0 Å². The second-order valence-corrected chi connectivity index (χ2v) is 6.25. The minimum Gasteiger partial charge on any atom is -0.342 e. The minimum absolute atomic E-state index is 0.570. The number of anilines is 3. The average Bonchev–Trinajstić information content (AvgIpc) is 2.41. The number of hydrogen-bond acceptors (Lipinski definition) is 3. The molecule has 0 atom stereocenters. The molecule has 0 unspecified atom stereocenters. The van der Waals surface area contributed by atoms with Crippen molar-refractivity contribution in [3.8, 4) is 0 Å². The zero-order valence-electron chi connectivity index (χ0n) is 11.6. The number of benzene rings is 2. The van der Waals surface area contributed by atoms with Crippen LogP contribution in [0.15, 0.2) is 54.6 Å². The number of nitrogens with zero attached hydrogens (tertiary/aromatic N) is 1. The molecule has 0 aliphatic carbocycles. The van der Waals surface area contributed by atoms with E-state index in [9.17, 15) is 8.42 Å². The van der Waals surface area contributed by atoms with Crippen LogP contribution in [0.5, 0.6) is 0 Å². The van der Waals surface area contributed by atoms with Gasteiger partial charge >= 0.3 is 0 Å². The van der Waals surface area contributed by atoms with Gasteiger partial charge < -0.3 is 4.90 Å². The van der Waals surface area contributed by atoms with E-state index in [0.29, 0.717) is 5.69 Å². The molecule has 2 aromatic rings. The van der Waals surface area contributed by atoms with Gasteiger partial charge in [-0.05, 0) is 43.3 Å². The molecule has 0 heterocycles. The molecule has 1 N–H and O–H groups in total. The fraction of sp³-hybridized carbons (Fsp3) is 0.200. The molecular formula is C15H18N2O2S. The van der Waals surface area contributed by atoms with Crippen molar-refractivity contribution in [1.29, 1.82) is 0 Å². The Bertz CT molecular complexity index is 652. The molecule has 4 nitrogen and oxygen atoms in total. The van der Waals surface area contributed by atoms with Crippen LogP contribution in [0.2, 0.25) is 0 Å². The first-order valence-electron chi connectivity index (χ1n) is 6.40. The highest BCUT2D eigenvalue weighted by atomic mass is 32.2. The molecule has 0 radical (unpaired) electrons. The third kappa shape index (κ3) is 3.74. The third-order valence-corrected chi connectivity index (χ3v) is 3.47. The van der Waals surface area contributed by atoms with Crippen LogP contribution in [0.1, 0.15) is 6.92 Å². The lowest BCUT2D eigenvalue weighted by Gasteiger charge is -2.23. The van der Waals surface area contributed by atoms with Crippen LogP contribution in [-0.4, -0.2) is 21.2 Å². The fourth-order valence-electron chi connectivity index (χ4n) is 2.05. The molecule has 5 heteroatoms. The van der Waals surface area contributed by atoms with Crippen molar-refractivity contribution in [2.75, 3.05) is 22.4 Å². The molecule has 0 bridgehead atoms. The van der Waals surface area contributed by atoms with Crippen molar-refractivity contribution in [3.63, 3.8) is 0 Å². The van der Waals surface area contributed by atoms with Gasteiger partial charge in [0, 0.05) is 23.6 Å². The maximum Gasteiger partial charge on any atom is 0.229 e. The maximum atomic E-state index is 11.2. The lowest BCUT2D eigenvalue weighted by molar-refractivity contribution is 0.607. The first kappa shape index (κ1) is 14.4. The molecule has 0 aromatic heterocycles. The summed E-state index contributed by atoms with van der Waals surface area (Å²) in [7, 11) is -3.23. The van der Waals surface area contributed by atoms with Crippen molar-refractivity contribution < 1.29 is 8.42 Å². The molecule has 2 aromatic carbocycles. The molecule has 0 aliphatic heterocycles. The van der Waals surface area contributed by atoms with Gasteiger partial charge in [-0.25, -0.2) is 8.42 Å². The van der Waals surface area contributed by atoms with Crippen molar-refractivity contribution in [1.82, 2.24) is 0 Å². The van der Waals surface area contributed by atoms with E-state index in [-0.39, 0.29) is 0 Å². The first-order chi connectivity index (χ1) is 9.49. The van der Waals surface area contributed by atoms with Crippen LogP contribution in [0.3, 0.4) is 0 Å². The molecule has 0 saturated carbocycles. The van der Waals surface area contributed by atoms with Crippen LogP contribution in [0, 0.1) is 0 Å². The average molecular weight is 290 g/mol. The summed E-state index contributed by atoms with van der Waals surface area (Å²) in [5.41, 5.74) is 2.71. The molecule has 0 fully saturated rings. The zero-order valence-corrected chi connectivity index (χ0v) is 12.4. The molecule has 20 heavy (non-hydrogen) atoms. The molecule has 0 aliphatic rings. The topological polar surface area (TPSA) is 49.4 Å². The van der Waals surface area contributed by atoms with Gasteiger partial charge in [-0.15, -0.1) is 0 Å². The van der Waals surface area contributed by atoms with Crippen molar-refractivity contribution >= 4 is 27.1 Å². The molecule has 2 rings (SSSR count). The van der Waals surface area contributed by atoms with Crippen LogP contribution < -0.4 is 9.62 Å². The Hall–Kier alpha value is -2.01. The van der Waals surface area contributed by atoms with Gasteiger partial charge in [0.1, 0.15) is 0 Å². The van der Waals surface area contributed by atoms with Crippen molar-refractivity contribution in [3.05, 3.63) is 54.6 Å². The summed E-state index contributed by atoms with van der Waals surface area (Å²) in [4.78, 5) is 2.16. The molecule has 106 valence electrons. The van der Waals surface area contributed by atoms with Crippen LogP contribution in [0.25, 0.3) is 0 Å². The Morgan fingerprint density at radius 1 is 0.950 bits per heavy atom. The summed E-state index contributed by atoms with van der Waals surface area (Å²) >= 11 is 0. The van der Waals surface area contributed by atoms with Gasteiger partial charge in [0.15, 0.2) is 0 Å². The SMILES string of the molecule is CCN(c1ccccc1)c1ccc(NS(C)(=O)=O)cc1. The summed E-state index contributed by atoms with van der Waals surface area (Å²) < 4.78 is 24.8. The summed E-state index contributed by atoms with van der Waals surface area (Å²) in [6, 6.07) is 17.4. The standard InChI is InChI=1S/C15H18N2O2S/c1-3-17(14-7-5-4-6-8-14)15-11-9-13(10-12-15)16-20(2,18)19/h4-12,16H,3H2,1-2H3. The van der Waals surface area contributed by atoms with E-state index in [2.05, 4.69) is 16.5 Å². The predicted octanol–water partition coefficient (Wildman–Crippen LogP) is 3.22. The quantitative estimate of drug-likeness (QED) is 0.920. The van der Waals surface area contributed by atoms with E-state index >= 15 is 0 Å². The predicted molar refractivity (Wildman–Crippen MR) is 84.0 cm³/mol. The zero-order chi connectivity index (χ0) is 14.6. The Morgan fingerprint density at radius 3 is 2.00 bits per heavy atom. The Morgan fingerprint density at radius 2 is 1.50 bits per heavy atom. The minimum atomic E-state index is -3.23.